The van der Waals surface area contributed by atoms with Crippen LogP contribution in [0.3, 0.4) is 0 Å². The molecule has 0 aliphatic rings. The molecule has 3 N–H and O–H groups in total. The first-order valence-electron chi connectivity index (χ1n) is 5.75. The summed E-state index contributed by atoms with van der Waals surface area (Å²) in [5.74, 6) is 0. The second kappa shape index (κ2) is 5.31. The standard InChI is InChI=1S/C13H17NO3/c1-2-14-11(8-15)13(16)10-4-3-9-5-6-17-12(9)7-10/h3-7,11,13-16H,2,8H2,1H3. The zero-order valence-corrected chi connectivity index (χ0v) is 9.76. The van der Waals surface area contributed by atoms with Crippen molar-refractivity contribution in [3.63, 3.8) is 0 Å². The van der Waals surface area contributed by atoms with Gasteiger partial charge in [-0.1, -0.05) is 19.1 Å². The molecule has 1 aromatic heterocycles. The third kappa shape index (κ3) is 2.49. The van der Waals surface area contributed by atoms with Crippen LogP contribution in [0.5, 0.6) is 0 Å². The molecule has 2 rings (SSSR count). The van der Waals surface area contributed by atoms with E-state index in [1.165, 1.54) is 0 Å². The fraction of sp³-hybridized carbons (Fsp3) is 0.385. The highest BCUT2D eigenvalue weighted by atomic mass is 16.3. The summed E-state index contributed by atoms with van der Waals surface area (Å²) in [5.41, 5.74) is 1.49. The Labute approximate surface area is 99.9 Å². The van der Waals surface area contributed by atoms with E-state index in [2.05, 4.69) is 5.32 Å². The molecule has 0 aliphatic carbocycles. The summed E-state index contributed by atoms with van der Waals surface area (Å²) in [4.78, 5) is 0. The number of fused-ring (bicyclic) bond motifs is 1. The molecule has 2 aromatic rings. The minimum Gasteiger partial charge on any atom is -0.464 e. The Hall–Kier alpha value is -1.36. The Balaban J connectivity index is 2.24. The summed E-state index contributed by atoms with van der Waals surface area (Å²) in [6.07, 6.45) is 0.878. The lowest BCUT2D eigenvalue weighted by Crippen LogP contribution is -2.37. The Morgan fingerprint density at radius 3 is 2.88 bits per heavy atom. The fourth-order valence-corrected chi connectivity index (χ4v) is 1.93. The van der Waals surface area contributed by atoms with Gasteiger partial charge >= 0.3 is 0 Å². The van der Waals surface area contributed by atoms with Crippen LogP contribution < -0.4 is 5.32 Å². The van der Waals surface area contributed by atoms with Crippen LogP contribution in [0.2, 0.25) is 0 Å². The molecule has 0 spiro atoms. The van der Waals surface area contributed by atoms with Crippen molar-refractivity contribution in [2.45, 2.75) is 19.1 Å². The number of aliphatic hydroxyl groups is 2. The molecule has 1 heterocycles. The molecule has 0 fully saturated rings. The number of hydrogen-bond acceptors (Lipinski definition) is 4. The van der Waals surface area contributed by atoms with Crippen LogP contribution in [0.4, 0.5) is 0 Å². The summed E-state index contributed by atoms with van der Waals surface area (Å²) in [7, 11) is 0. The van der Waals surface area contributed by atoms with Gasteiger partial charge in [0.25, 0.3) is 0 Å². The van der Waals surface area contributed by atoms with Crippen molar-refractivity contribution >= 4 is 11.0 Å². The van der Waals surface area contributed by atoms with Gasteiger partial charge in [-0.15, -0.1) is 0 Å². The van der Waals surface area contributed by atoms with Crippen molar-refractivity contribution in [1.29, 1.82) is 0 Å². The Kier molecular flexibility index (Phi) is 3.78. The second-order valence-corrected chi connectivity index (χ2v) is 4.01. The molecule has 0 saturated heterocycles. The van der Waals surface area contributed by atoms with Crippen LogP contribution in [0.25, 0.3) is 11.0 Å². The minimum absolute atomic E-state index is 0.106. The highest BCUT2D eigenvalue weighted by molar-refractivity contribution is 5.77. The number of nitrogens with one attached hydrogen (secondary N) is 1. The summed E-state index contributed by atoms with van der Waals surface area (Å²) < 4.78 is 5.29. The number of likely N-dealkylation sites (N-methyl/N-ethyl adjacent to an activating group) is 1. The average Bonchev–Trinajstić information content (AvgIpc) is 2.82. The summed E-state index contributed by atoms with van der Waals surface area (Å²) in [6.45, 7) is 2.53. The van der Waals surface area contributed by atoms with Crippen LogP contribution in [0.15, 0.2) is 34.9 Å². The lowest BCUT2D eigenvalue weighted by molar-refractivity contribution is 0.0911. The van der Waals surface area contributed by atoms with Gasteiger partial charge in [0, 0.05) is 5.39 Å². The van der Waals surface area contributed by atoms with E-state index < -0.39 is 6.10 Å². The Morgan fingerprint density at radius 2 is 2.18 bits per heavy atom. The van der Waals surface area contributed by atoms with Gasteiger partial charge in [0.05, 0.1) is 25.0 Å². The SMILES string of the molecule is CCNC(CO)C(O)c1ccc2ccoc2c1. The lowest BCUT2D eigenvalue weighted by Gasteiger charge is -2.21. The van der Waals surface area contributed by atoms with Crippen LogP contribution in [-0.2, 0) is 0 Å². The third-order valence-corrected chi connectivity index (χ3v) is 2.87. The van der Waals surface area contributed by atoms with Gasteiger partial charge in [-0.3, -0.25) is 0 Å². The number of hydrogen-bond donors (Lipinski definition) is 3. The highest BCUT2D eigenvalue weighted by Gasteiger charge is 2.19. The molecule has 0 radical (unpaired) electrons. The maximum absolute atomic E-state index is 10.1. The first-order chi connectivity index (χ1) is 8.26. The quantitative estimate of drug-likeness (QED) is 0.733. The molecule has 0 amide bonds. The molecular weight excluding hydrogens is 218 g/mol. The number of furan rings is 1. The monoisotopic (exact) mass is 235 g/mol. The minimum atomic E-state index is -0.741. The largest absolute Gasteiger partial charge is 0.464 e. The van der Waals surface area contributed by atoms with Crippen LogP contribution in [0, 0.1) is 0 Å². The maximum atomic E-state index is 10.1. The summed E-state index contributed by atoms with van der Waals surface area (Å²) in [6, 6.07) is 7.08. The van der Waals surface area contributed by atoms with E-state index >= 15 is 0 Å². The van der Waals surface area contributed by atoms with Crippen molar-refractivity contribution in [2.75, 3.05) is 13.2 Å². The Morgan fingerprint density at radius 1 is 1.35 bits per heavy atom. The molecule has 17 heavy (non-hydrogen) atoms. The van der Waals surface area contributed by atoms with Gasteiger partial charge in [-0.2, -0.15) is 0 Å². The lowest BCUT2D eigenvalue weighted by atomic mass is 10.0. The molecule has 4 heteroatoms. The van der Waals surface area contributed by atoms with Gasteiger partial charge in [0.2, 0.25) is 0 Å². The van der Waals surface area contributed by atoms with Gasteiger partial charge in [-0.25, -0.2) is 0 Å². The van der Waals surface area contributed by atoms with Crippen LogP contribution in [-0.4, -0.2) is 29.4 Å². The molecule has 0 aliphatic heterocycles. The molecule has 4 nitrogen and oxygen atoms in total. The van der Waals surface area contributed by atoms with E-state index in [9.17, 15) is 10.2 Å². The van der Waals surface area contributed by atoms with Gasteiger partial charge in [0.1, 0.15) is 5.58 Å². The van der Waals surface area contributed by atoms with Gasteiger partial charge in [0.15, 0.2) is 0 Å². The van der Waals surface area contributed by atoms with Gasteiger partial charge in [-0.05, 0) is 24.2 Å². The fourth-order valence-electron chi connectivity index (χ4n) is 1.93. The highest BCUT2D eigenvalue weighted by Crippen LogP contribution is 2.23. The summed E-state index contributed by atoms with van der Waals surface area (Å²) in [5, 5.41) is 23.4. The average molecular weight is 235 g/mol. The predicted octanol–water partition coefficient (Wildman–Crippen LogP) is 1.44. The molecule has 2 unspecified atom stereocenters. The molecule has 2 atom stereocenters. The molecule has 92 valence electrons. The molecule has 0 bridgehead atoms. The topological polar surface area (TPSA) is 65.6 Å². The summed E-state index contributed by atoms with van der Waals surface area (Å²) >= 11 is 0. The van der Waals surface area contributed by atoms with E-state index in [-0.39, 0.29) is 12.6 Å². The van der Waals surface area contributed by atoms with E-state index in [1.54, 1.807) is 12.3 Å². The number of benzene rings is 1. The Bertz CT molecular complexity index is 480. The molecule has 1 aromatic carbocycles. The zero-order valence-electron chi connectivity index (χ0n) is 9.76. The first-order valence-corrected chi connectivity index (χ1v) is 5.75. The molecule has 0 saturated carbocycles. The van der Waals surface area contributed by atoms with Crippen molar-refractivity contribution in [1.82, 2.24) is 5.32 Å². The van der Waals surface area contributed by atoms with Crippen molar-refractivity contribution < 1.29 is 14.6 Å². The van der Waals surface area contributed by atoms with E-state index in [4.69, 9.17) is 4.42 Å². The van der Waals surface area contributed by atoms with E-state index in [0.717, 1.165) is 16.5 Å². The predicted molar refractivity (Wildman–Crippen MR) is 65.7 cm³/mol. The normalized spacial score (nSPS) is 15.0. The second-order valence-electron chi connectivity index (χ2n) is 4.01. The smallest absolute Gasteiger partial charge is 0.134 e. The maximum Gasteiger partial charge on any atom is 0.134 e. The zero-order chi connectivity index (χ0) is 12.3. The van der Waals surface area contributed by atoms with Crippen molar-refractivity contribution in [3.8, 4) is 0 Å². The third-order valence-electron chi connectivity index (χ3n) is 2.87. The van der Waals surface area contributed by atoms with Gasteiger partial charge < -0.3 is 19.9 Å². The van der Waals surface area contributed by atoms with Crippen molar-refractivity contribution in [3.05, 3.63) is 36.1 Å². The van der Waals surface area contributed by atoms with Crippen LogP contribution in [0.1, 0.15) is 18.6 Å². The first kappa shape index (κ1) is 12.1. The van der Waals surface area contributed by atoms with Crippen LogP contribution >= 0.6 is 0 Å². The molecular formula is C13H17NO3. The van der Waals surface area contributed by atoms with E-state index in [1.807, 2.05) is 25.1 Å². The van der Waals surface area contributed by atoms with Crippen molar-refractivity contribution in [2.24, 2.45) is 0 Å². The van der Waals surface area contributed by atoms with E-state index in [0.29, 0.717) is 6.54 Å². The number of rotatable bonds is 5. The number of aliphatic hydroxyl groups excluding tert-OH is 2.